The zero-order valence-corrected chi connectivity index (χ0v) is 19.2. The number of pyridine rings is 1. The van der Waals surface area contributed by atoms with Crippen LogP contribution in [0.15, 0.2) is 42.5 Å². The van der Waals surface area contributed by atoms with Gasteiger partial charge in [0.05, 0.1) is 12.7 Å². The van der Waals surface area contributed by atoms with Gasteiger partial charge < -0.3 is 19.9 Å². The number of aromatic carboxylic acids is 1. The summed E-state index contributed by atoms with van der Waals surface area (Å²) in [5, 5.41) is 13.2. The molecule has 174 valence electrons. The molecule has 9 heteroatoms. The number of rotatable bonds is 6. The monoisotopic (exact) mass is 480 g/mol. The van der Waals surface area contributed by atoms with Gasteiger partial charge in [0.15, 0.2) is 5.69 Å². The largest absolute Gasteiger partial charge is 0.488 e. The van der Waals surface area contributed by atoms with E-state index < -0.39 is 17.8 Å². The number of ether oxygens (including phenoxy) is 2. The summed E-state index contributed by atoms with van der Waals surface area (Å²) in [5.74, 6) is -1.82. The first-order valence-corrected chi connectivity index (χ1v) is 10.9. The van der Waals surface area contributed by atoms with Crippen molar-refractivity contribution in [2.75, 3.05) is 13.7 Å². The highest BCUT2D eigenvalue weighted by molar-refractivity contribution is 6.31. The fourth-order valence-electron chi connectivity index (χ4n) is 3.79. The first-order chi connectivity index (χ1) is 16.3. The first kappa shape index (κ1) is 23.3. The van der Waals surface area contributed by atoms with Crippen molar-refractivity contribution in [2.24, 2.45) is 0 Å². The summed E-state index contributed by atoms with van der Waals surface area (Å²) >= 11 is 6.15. The number of carboxylic acids is 1. The molecular weight excluding hydrogens is 460 g/mol. The van der Waals surface area contributed by atoms with Gasteiger partial charge in [-0.1, -0.05) is 18.5 Å². The molecule has 0 aliphatic carbocycles. The highest BCUT2D eigenvalue weighted by Gasteiger charge is 2.26. The third-order valence-electron chi connectivity index (χ3n) is 5.42. The summed E-state index contributed by atoms with van der Waals surface area (Å²) in [6.45, 7) is 2.57. The van der Waals surface area contributed by atoms with Crippen molar-refractivity contribution in [1.29, 1.82) is 0 Å². The average Bonchev–Trinajstić information content (AvgIpc) is 2.85. The Balaban J connectivity index is 1.90. The maximum absolute atomic E-state index is 12.6. The molecule has 34 heavy (non-hydrogen) atoms. The van der Waals surface area contributed by atoms with E-state index in [-0.39, 0.29) is 34.7 Å². The van der Waals surface area contributed by atoms with Crippen molar-refractivity contribution in [3.05, 3.63) is 70.0 Å². The van der Waals surface area contributed by atoms with Crippen LogP contribution in [0.25, 0.3) is 22.3 Å². The molecule has 0 saturated heterocycles. The number of carboxylic acid groups (broad SMARTS) is 1. The minimum absolute atomic E-state index is 0.0272. The number of nitrogens with zero attached hydrogens (tertiary/aromatic N) is 1. The van der Waals surface area contributed by atoms with Crippen LogP contribution in [-0.4, -0.2) is 41.6 Å². The Bertz CT molecular complexity index is 1320. The van der Waals surface area contributed by atoms with E-state index in [0.717, 1.165) is 12.0 Å². The van der Waals surface area contributed by atoms with Gasteiger partial charge >= 0.3 is 11.9 Å². The van der Waals surface area contributed by atoms with E-state index >= 15 is 0 Å². The number of carbonyl (C=O) groups is 3. The molecular formula is C25H21ClN2O6. The second-order valence-electron chi connectivity index (χ2n) is 7.63. The average molecular weight is 481 g/mol. The van der Waals surface area contributed by atoms with Crippen molar-refractivity contribution >= 4 is 29.4 Å². The van der Waals surface area contributed by atoms with Crippen molar-refractivity contribution < 1.29 is 29.0 Å². The van der Waals surface area contributed by atoms with E-state index in [1.165, 1.54) is 25.3 Å². The van der Waals surface area contributed by atoms with Crippen LogP contribution in [0, 0.1) is 0 Å². The Hall–Kier alpha value is -3.91. The Kier molecular flexibility index (Phi) is 6.51. The third-order valence-corrected chi connectivity index (χ3v) is 5.66. The normalized spacial score (nSPS) is 11.6. The van der Waals surface area contributed by atoms with Crippen LogP contribution in [-0.2, 0) is 11.3 Å². The maximum Gasteiger partial charge on any atom is 0.357 e. The van der Waals surface area contributed by atoms with Crippen LogP contribution in [0.5, 0.6) is 5.75 Å². The van der Waals surface area contributed by atoms with E-state index in [9.17, 15) is 19.5 Å². The molecule has 0 saturated carbocycles. The van der Waals surface area contributed by atoms with Gasteiger partial charge in [-0.15, -0.1) is 0 Å². The number of methoxy groups -OCH3 is 1. The lowest BCUT2D eigenvalue weighted by Gasteiger charge is -2.23. The number of hydrogen-bond donors (Lipinski definition) is 2. The summed E-state index contributed by atoms with van der Waals surface area (Å²) < 4.78 is 10.7. The minimum Gasteiger partial charge on any atom is -0.488 e. The molecule has 0 spiro atoms. The molecule has 1 amide bonds. The second kappa shape index (κ2) is 9.52. The molecule has 1 aliphatic rings. The lowest BCUT2D eigenvalue weighted by atomic mass is 9.89. The summed E-state index contributed by atoms with van der Waals surface area (Å²) in [6, 6.07) is 11.3. The number of hydrogen-bond acceptors (Lipinski definition) is 6. The number of nitrogens with one attached hydrogen (secondary N) is 1. The van der Waals surface area contributed by atoms with Gasteiger partial charge in [0.2, 0.25) is 0 Å². The topological polar surface area (TPSA) is 115 Å². The van der Waals surface area contributed by atoms with Crippen molar-refractivity contribution in [2.45, 2.75) is 20.0 Å². The molecule has 0 atom stereocenters. The highest BCUT2D eigenvalue weighted by Crippen LogP contribution is 2.42. The number of amides is 1. The van der Waals surface area contributed by atoms with Gasteiger partial charge in [-0.25, -0.2) is 14.6 Å². The van der Waals surface area contributed by atoms with Crippen LogP contribution in [0.2, 0.25) is 5.02 Å². The standard InChI is InChI=1S/C25H21ClN2O6/c1-3-8-27-23(29)20-6-5-15(22(28-20)25(32)33-2)17-9-13-12-34-21-7-4-14(26)10-18(21)16(13)11-19(17)24(30)31/h4-7,9-11H,3,8,12H2,1-2H3,(H,27,29)(H,30,31). The highest BCUT2D eigenvalue weighted by atomic mass is 35.5. The molecule has 1 aliphatic heterocycles. The first-order valence-electron chi connectivity index (χ1n) is 10.5. The molecule has 2 aromatic carbocycles. The van der Waals surface area contributed by atoms with Crippen LogP contribution >= 0.6 is 11.6 Å². The summed E-state index contributed by atoms with van der Waals surface area (Å²) in [7, 11) is 1.19. The zero-order valence-electron chi connectivity index (χ0n) is 18.5. The molecule has 3 aromatic rings. The van der Waals surface area contributed by atoms with Crippen LogP contribution in [0.1, 0.15) is 50.2 Å². The summed E-state index contributed by atoms with van der Waals surface area (Å²) in [6.07, 6.45) is 0.737. The quantitative estimate of drug-likeness (QED) is 0.496. The molecule has 0 radical (unpaired) electrons. The van der Waals surface area contributed by atoms with Gasteiger partial charge in [-0.3, -0.25) is 4.79 Å². The van der Waals surface area contributed by atoms with E-state index in [1.807, 2.05) is 6.92 Å². The van der Waals surface area contributed by atoms with Crippen LogP contribution < -0.4 is 10.1 Å². The minimum atomic E-state index is -1.19. The Morgan fingerprint density at radius 1 is 1.09 bits per heavy atom. The van der Waals surface area contributed by atoms with Gasteiger partial charge in [0.25, 0.3) is 5.91 Å². The van der Waals surface area contributed by atoms with Crippen molar-refractivity contribution in [1.82, 2.24) is 10.3 Å². The van der Waals surface area contributed by atoms with Gasteiger partial charge in [0.1, 0.15) is 18.1 Å². The number of esters is 1. The number of benzene rings is 2. The zero-order chi connectivity index (χ0) is 24.4. The van der Waals surface area contributed by atoms with Gasteiger partial charge in [0, 0.05) is 22.7 Å². The lowest BCUT2D eigenvalue weighted by molar-refractivity contribution is 0.0593. The Morgan fingerprint density at radius 3 is 2.59 bits per heavy atom. The summed E-state index contributed by atoms with van der Waals surface area (Å²) in [4.78, 5) is 41.4. The molecule has 4 rings (SSSR count). The van der Waals surface area contributed by atoms with E-state index in [2.05, 4.69) is 10.3 Å². The third kappa shape index (κ3) is 4.32. The SMILES string of the molecule is CCCNC(=O)c1ccc(-c2cc3c(cc2C(=O)O)-c2cc(Cl)ccc2OC3)c(C(=O)OC)n1. The molecule has 0 unspecified atom stereocenters. The molecule has 1 aromatic heterocycles. The van der Waals surface area contributed by atoms with Gasteiger partial charge in [-0.2, -0.15) is 0 Å². The molecule has 0 bridgehead atoms. The Labute approximate surface area is 200 Å². The lowest BCUT2D eigenvalue weighted by Crippen LogP contribution is -2.26. The fraction of sp³-hybridized carbons (Fsp3) is 0.200. The number of fused-ring (bicyclic) bond motifs is 3. The Morgan fingerprint density at radius 2 is 1.88 bits per heavy atom. The number of carbonyl (C=O) groups excluding carboxylic acids is 2. The van der Waals surface area contributed by atoms with Crippen LogP contribution in [0.4, 0.5) is 0 Å². The van der Waals surface area contributed by atoms with Gasteiger partial charge in [-0.05, 0) is 65.6 Å². The van der Waals surface area contributed by atoms with Crippen molar-refractivity contribution in [3.63, 3.8) is 0 Å². The molecule has 8 nitrogen and oxygen atoms in total. The second-order valence-corrected chi connectivity index (χ2v) is 8.07. The molecule has 2 heterocycles. The van der Waals surface area contributed by atoms with E-state index in [4.69, 9.17) is 21.1 Å². The summed E-state index contributed by atoms with van der Waals surface area (Å²) in [5.41, 5.74) is 2.39. The smallest absolute Gasteiger partial charge is 0.357 e. The maximum atomic E-state index is 12.6. The van der Waals surface area contributed by atoms with Crippen LogP contribution in [0.3, 0.4) is 0 Å². The number of halogens is 1. The van der Waals surface area contributed by atoms with E-state index in [1.54, 1.807) is 24.3 Å². The van der Waals surface area contributed by atoms with E-state index in [0.29, 0.717) is 28.4 Å². The fourth-order valence-corrected chi connectivity index (χ4v) is 3.96. The molecule has 0 fully saturated rings. The predicted octanol–water partition coefficient (Wildman–Crippen LogP) is 4.59. The number of aromatic nitrogens is 1. The molecule has 2 N–H and O–H groups in total. The van der Waals surface area contributed by atoms with Crippen molar-refractivity contribution in [3.8, 4) is 28.0 Å². The predicted molar refractivity (Wildman–Crippen MR) is 125 cm³/mol.